The lowest BCUT2D eigenvalue weighted by Crippen LogP contribution is -2.30. The molecule has 376 valence electrons. The molecule has 0 heterocycles. The van der Waals surface area contributed by atoms with Crippen molar-refractivity contribution in [1.29, 1.82) is 0 Å². The Balaban J connectivity index is 4.35. The fourth-order valence-corrected chi connectivity index (χ4v) is 7.89. The number of rotatable bonds is 50. The summed E-state index contributed by atoms with van der Waals surface area (Å²) in [4.78, 5) is 38.0. The van der Waals surface area contributed by atoms with E-state index in [0.717, 1.165) is 77.0 Å². The first-order chi connectivity index (χ1) is 32.0. The number of ether oxygens (including phenoxy) is 3. The van der Waals surface area contributed by atoms with Crippen LogP contribution in [0.2, 0.25) is 0 Å². The minimum atomic E-state index is -0.799. The van der Waals surface area contributed by atoms with Gasteiger partial charge < -0.3 is 14.2 Å². The summed E-state index contributed by atoms with van der Waals surface area (Å²) in [6.07, 6.45) is 66.5. The molecule has 1 unspecified atom stereocenters. The average Bonchev–Trinajstić information content (AvgIpc) is 3.30. The van der Waals surface area contributed by atoms with Gasteiger partial charge in [-0.3, -0.25) is 14.4 Å². The summed E-state index contributed by atoms with van der Waals surface area (Å²) in [5, 5.41) is 0. The highest BCUT2D eigenvalue weighted by Gasteiger charge is 2.19. The van der Waals surface area contributed by atoms with Crippen LogP contribution in [0.4, 0.5) is 0 Å². The standard InChI is InChI=1S/C59H104O6/c1-4-7-10-13-16-19-22-24-26-28-29-30-32-33-35-37-40-43-46-49-52-58(61)64-55-56(54-63-57(60)51-48-45-42-39-21-18-15-12-9-6-3)65-59(62)53-50-47-44-41-38-36-34-31-27-25-23-20-17-14-11-8-5-2/h8,11,17,20,25,27,34,36,41,44,56H,4-7,9-10,12-16,18-19,21-24,26,28-33,35,37-40,42-43,45-55H2,1-3H3/b11-8-,20-17-,27-25-,36-34-,44-41-. The molecule has 0 bridgehead atoms. The molecule has 1 atom stereocenters. The zero-order valence-electron chi connectivity index (χ0n) is 43.0. The van der Waals surface area contributed by atoms with Gasteiger partial charge in [-0.25, -0.2) is 0 Å². The summed E-state index contributed by atoms with van der Waals surface area (Å²) in [6.45, 7) is 6.49. The second kappa shape index (κ2) is 53.7. The number of esters is 3. The summed E-state index contributed by atoms with van der Waals surface area (Å²) in [7, 11) is 0. The lowest BCUT2D eigenvalue weighted by atomic mass is 10.0. The Bertz CT molecular complexity index is 1180. The minimum Gasteiger partial charge on any atom is -0.462 e. The predicted molar refractivity (Wildman–Crippen MR) is 279 cm³/mol. The molecule has 0 saturated heterocycles. The topological polar surface area (TPSA) is 78.9 Å². The van der Waals surface area contributed by atoms with Crippen LogP contribution in [0.3, 0.4) is 0 Å². The van der Waals surface area contributed by atoms with Crippen molar-refractivity contribution in [3.8, 4) is 0 Å². The quantitative estimate of drug-likeness (QED) is 0.0262. The van der Waals surface area contributed by atoms with Gasteiger partial charge in [0, 0.05) is 19.3 Å². The largest absolute Gasteiger partial charge is 0.462 e. The smallest absolute Gasteiger partial charge is 0.306 e. The van der Waals surface area contributed by atoms with Crippen molar-refractivity contribution in [2.45, 2.75) is 284 Å². The highest BCUT2D eigenvalue weighted by molar-refractivity contribution is 5.71. The first-order valence-corrected chi connectivity index (χ1v) is 27.8. The molecule has 0 rings (SSSR count). The summed E-state index contributed by atoms with van der Waals surface area (Å²) >= 11 is 0. The molecule has 0 amide bonds. The third kappa shape index (κ3) is 51.9. The van der Waals surface area contributed by atoms with Gasteiger partial charge >= 0.3 is 17.9 Å². The Kier molecular flexibility index (Phi) is 51.3. The summed E-state index contributed by atoms with van der Waals surface area (Å²) < 4.78 is 16.8. The Morgan fingerprint density at radius 1 is 0.323 bits per heavy atom. The normalized spacial score (nSPS) is 12.5. The SMILES string of the molecule is CC/C=C\C/C=C\C/C=C\C/C=C\C/C=C\CCCC(=O)OC(COC(=O)CCCCCCCCCCCC)COC(=O)CCCCCCCCCCCCCCCCCCCCCC. The maximum Gasteiger partial charge on any atom is 0.306 e. The molecule has 0 saturated carbocycles. The van der Waals surface area contributed by atoms with Crippen molar-refractivity contribution in [2.75, 3.05) is 13.2 Å². The fourth-order valence-electron chi connectivity index (χ4n) is 7.89. The van der Waals surface area contributed by atoms with Crippen LogP contribution in [0.15, 0.2) is 60.8 Å². The first-order valence-electron chi connectivity index (χ1n) is 27.8. The fraction of sp³-hybridized carbons (Fsp3) is 0.780. The molecule has 0 fully saturated rings. The molecule has 6 nitrogen and oxygen atoms in total. The molecule has 0 N–H and O–H groups in total. The Morgan fingerprint density at radius 2 is 0.600 bits per heavy atom. The van der Waals surface area contributed by atoms with E-state index in [0.29, 0.717) is 19.3 Å². The zero-order chi connectivity index (χ0) is 47.2. The van der Waals surface area contributed by atoms with Gasteiger partial charge in [0.2, 0.25) is 0 Å². The second-order valence-corrected chi connectivity index (χ2v) is 18.5. The lowest BCUT2D eigenvalue weighted by molar-refractivity contribution is -0.167. The summed E-state index contributed by atoms with van der Waals surface area (Å²) in [5.41, 5.74) is 0. The average molecular weight is 909 g/mol. The number of unbranched alkanes of at least 4 members (excludes halogenated alkanes) is 29. The van der Waals surface area contributed by atoms with E-state index in [1.54, 1.807) is 0 Å². The predicted octanol–water partition coefficient (Wildman–Crippen LogP) is 18.4. The van der Waals surface area contributed by atoms with Crippen LogP contribution in [0.1, 0.15) is 278 Å². The van der Waals surface area contributed by atoms with Crippen molar-refractivity contribution in [3.63, 3.8) is 0 Å². The highest BCUT2D eigenvalue weighted by Crippen LogP contribution is 2.16. The van der Waals surface area contributed by atoms with E-state index >= 15 is 0 Å². The number of hydrogen-bond donors (Lipinski definition) is 0. The molecule has 6 heteroatoms. The van der Waals surface area contributed by atoms with Gasteiger partial charge in [-0.15, -0.1) is 0 Å². The van der Waals surface area contributed by atoms with Crippen LogP contribution in [-0.2, 0) is 28.6 Å². The van der Waals surface area contributed by atoms with Crippen LogP contribution in [-0.4, -0.2) is 37.2 Å². The van der Waals surface area contributed by atoms with Crippen LogP contribution in [0.5, 0.6) is 0 Å². The minimum absolute atomic E-state index is 0.0932. The third-order valence-electron chi connectivity index (χ3n) is 12.0. The van der Waals surface area contributed by atoms with Gasteiger partial charge in [0.15, 0.2) is 6.10 Å². The molecular weight excluding hydrogens is 805 g/mol. The number of hydrogen-bond acceptors (Lipinski definition) is 6. The second-order valence-electron chi connectivity index (χ2n) is 18.5. The van der Waals surface area contributed by atoms with Crippen LogP contribution >= 0.6 is 0 Å². The molecular formula is C59H104O6. The molecule has 0 aliphatic heterocycles. The Morgan fingerprint density at radius 3 is 0.923 bits per heavy atom. The third-order valence-corrected chi connectivity index (χ3v) is 12.0. The van der Waals surface area contributed by atoms with E-state index in [4.69, 9.17) is 14.2 Å². The first kappa shape index (κ1) is 62.1. The number of carbonyl (C=O) groups is 3. The van der Waals surface area contributed by atoms with Crippen LogP contribution in [0.25, 0.3) is 0 Å². The molecule has 0 aromatic carbocycles. The molecule has 65 heavy (non-hydrogen) atoms. The van der Waals surface area contributed by atoms with E-state index in [-0.39, 0.29) is 37.5 Å². The van der Waals surface area contributed by atoms with Gasteiger partial charge in [0.1, 0.15) is 13.2 Å². The molecule has 0 aliphatic carbocycles. The maximum atomic E-state index is 12.8. The Labute approximate surface area is 402 Å². The Hall–Kier alpha value is -2.89. The van der Waals surface area contributed by atoms with Crippen molar-refractivity contribution < 1.29 is 28.6 Å². The van der Waals surface area contributed by atoms with Crippen molar-refractivity contribution in [3.05, 3.63) is 60.8 Å². The van der Waals surface area contributed by atoms with E-state index in [9.17, 15) is 14.4 Å². The summed E-state index contributed by atoms with van der Waals surface area (Å²) in [5.74, 6) is -0.943. The van der Waals surface area contributed by atoms with Gasteiger partial charge in [0.05, 0.1) is 0 Å². The lowest BCUT2D eigenvalue weighted by Gasteiger charge is -2.18. The monoisotopic (exact) mass is 909 g/mol. The molecule has 0 aromatic rings. The van der Waals surface area contributed by atoms with Crippen molar-refractivity contribution >= 4 is 17.9 Å². The molecule has 0 aromatic heterocycles. The molecule has 0 radical (unpaired) electrons. The van der Waals surface area contributed by atoms with Gasteiger partial charge in [0.25, 0.3) is 0 Å². The number of carbonyl (C=O) groups excluding carboxylic acids is 3. The van der Waals surface area contributed by atoms with Gasteiger partial charge in [-0.2, -0.15) is 0 Å². The maximum absolute atomic E-state index is 12.8. The van der Waals surface area contributed by atoms with Crippen LogP contribution in [0, 0.1) is 0 Å². The van der Waals surface area contributed by atoms with E-state index < -0.39 is 6.10 Å². The van der Waals surface area contributed by atoms with Crippen molar-refractivity contribution in [1.82, 2.24) is 0 Å². The molecule has 0 aliphatic rings. The number of allylic oxidation sites excluding steroid dienone is 10. The summed E-state index contributed by atoms with van der Waals surface area (Å²) in [6, 6.07) is 0. The zero-order valence-corrected chi connectivity index (χ0v) is 43.0. The van der Waals surface area contributed by atoms with Crippen molar-refractivity contribution in [2.24, 2.45) is 0 Å². The van der Waals surface area contributed by atoms with E-state index in [1.807, 2.05) is 0 Å². The van der Waals surface area contributed by atoms with Gasteiger partial charge in [-0.05, 0) is 57.8 Å². The van der Waals surface area contributed by atoms with E-state index in [1.165, 1.54) is 154 Å². The molecule has 0 spiro atoms. The highest BCUT2D eigenvalue weighted by atomic mass is 16.6. The van der Waals surface area contributed by atoms with Gasteiger partial charge in [-0.1, -0.05) is 261 Å². The van der Waals surface area contributed by atoms with E-state index in [2.05, 4.69) is 81.5 Å². The van der Waals surface area contributed by atoms with Crippen LogP contribution < -0.4 is 0 Å².